The van der Waals surface area contributed by atoms with Gasteiger partial charge in [0.1, 0.15) is 0 Å². The second-order valence-corrected chi connectivity index (χ2v) is 4.17. The van der Waals surface area contributed by atoms with Crippen LogP contribution in [-0.2, 0) is 0 Å². The van der Waals surface area contributed by atoms with E-state index in [1.54, 1.807) is 0 Å². The van der Waals surface area contributed by atoms with Crippen molar-refractivity contribution in [3.05, 3.63) is 24.3 Å². The minimum Gasteiger partial charge on any atom is -0.383 e. The van der Waals surface area contributed by atoms with Gasteiger partial charge in [0.25, 0.3) is 0 Å². The van der Waals surface area contributed by atoms with Gasteiger partial charge in [0.2, 0.25) is 0 Å². The molecule has 0 unspecified atom stereocenters. The summed E-state index contributed by atoms with van der Waals surface area (Å²) in [6.45, 7) is 2.19. The molecule has 2 nitrogen and oxygen atoms in total. The van der Waals surface area contributed by atoms with E-state index >= 15 is 0 Å². The van der Waals surface area contributed by atoms with Crippen molar-refractivity contribution in [1.82, 2.24) is 0 Å². The Morgan fingerprint density at radius 2 is 1.13 bits per heavy atom. The highest BCUT2D eigenvalue weighted by Gasteiger charge is 2.01. The second-order valence-electron chi connectivity index (χ2n) is 4.17. The summed E-state index contributed by atoms with van der Waals surface area (Å²) in [5.41, 5.74) is 2.50. The number of para-hydroxylation sites is 2. The Morgan fingerprint density at radius 3 is 1.67 bits per heavy atom. The molecule has 1 aliphatic heterocycles. The van der Waals surface area contributed by atoms with Crippen LogP contribution in [0.3, 0.4) is 0 Å². The van der Waals surface area contributed by atoms with Gasteiger partial charge in [-0.05, 0) is 25.0 Å². The first kappa shape index (κ1) is 10.3. The molecule has 0 aromatic heterocycles. The van der Waals surface area contributed by atoms with Crippen molar-refractivity contribution in [3.63, 3.8) is 0 Å². The minimum absolute atomic E-state index is 1.10. The molecule has 2 rings (SSSR count). The molecule has 82 valence electrons. The van der Waals surface area contributed by atoms with E-state index in [4.69, 9.17) is 0 Å². The van der Waals surface area contributed by atoms with Crippen LogP contribution in [0, 0.1) is 0 Å². The lowest BCUT2D eigenvalue weighted by Crippen LogP contribution is -2.06. The number of hydrogen-bond acceptors (Lipinski definition) is 2. The summed E-state index contributed by atoms with van der Waals surface area (Å²) in [5, 5.41) is 7.00. The molecule has 0 radical (unpaired) electrons. The van der Waals surface area contributed by atoms with E-state index in [0.717, 1.165) is 13.1 Å². The van der Waals surface area contributed by atoms with Crippen molar-refractivity contribution in [2.75, 3.05) is 23.7 Å². The Balaban J connectivity index is 2.04. The first-order valence-corrected chi connectivity index (χ1v) is 6.03. The monoisotopic (exact) mass is 204 g/mol. The standard InChI is InChI=1S/C13H20N2/c1-2-6-10-14-12-8-4-5-9-13(12)15-11-7-3-1/h4-5,8-9,14-15H,1-3,6-7,10-11H2. The zero-order valence-electron chi connectivity index (χ0n) is 9.26. The summed E-state index contributed by atoms with van der Waals surface area (Å²) in [7, 11) is 0. The molecule has 1 aromatic carbocycles. The maximum Gasteiger partial charge on any atom is 0.0575 e. The highest BCUT2D eigenvalue weighted by atomic mass is 14.9. The van der Waals surface area contributed by atoms with Crippen molar-refractivity contribution in [1.29, 1.82) is 0 Å². The predicted octanol–water partition coefficient (Wildman–Crippen LogP) is 3.47. The lowest BCUT2D eigenvalue weighted by molar-refractivity contribution is 0.637. The summed E-state index contributed by atoms with van der Waals surface area (Å²) in [6, 6.07) is 8.49. The highest BCUT2D eigenvalue weighted by molar-refractivity contribution is 5.68. The molecular formula is C13H20N2. The fraction of sp³-hybridized carbons (Fsp3) is 0.538. The number of benzene rings is 1. The Bertz CT molecular complexity index is 267. The first-order chi connectivity index (χ1) is 7.47. The molecule has 0 amide bonds. The normalized spacial score (nSPS) is 17.9. The van der Waals surface area contributed by atoms with E-state index < -0.39 is 0 Å². The van der Waals surface area contributed by atoms with Crippen LogP contribution in [0.2, 0.25) is 0 Å². The summed E-state index contributed by atoms with van der Waals surface area (Å²) in [4.78, 5) is 0. The lowest BCUT2D eigenvalue weighted by atomic mass is 10.1. The van der Waals surface area contributed by atoms with Gasteiger partial charge >= 0.3 is 0 Å². The topological polar surface area (TPSA) is 24.1 Å². The maximum atomic E-state index is 3.50. The Labute approximate surface area is 92.1 Å². The summed E-state index contributed by atoms with van der Waals surface area (Å²) >= 11 is 0. The maximum absolute atomic E-state index is 3.50. The first-order valence-electron chi connectivity index (χ1n) is 6.03. The zero-order valence-corrected chi connectivity index (χ0v) is 9.26. The van der Waals surface area contributed by atoms with Gasteiger partial charge in [-0.2, -0.15) is 0 Å². The average molecular weight is 204 g/mol. The van der Waals surface area contributed by atoms with Crippen LogP contribution < -0.4 is 10.6 Å². The Hall–Kier alpha value is -1.18. The molecule has 2 heteroatoms. The van der Waals surface area contributed by atoms with Gasteiger partial charge < -0.3 is 10.6 Å². The summed E-state index contributed by atoms with van der Waals surface area (Å²) < 4.78 is 0. The smallest absolute Gasteiger partial charge is 0.0575 e. The van der Waals surface area contributed by atoms with E-state index in [1.165, 1.54) is 43.5 Å². The molecule has 0 saturated carbocycles. The van der Waals surface area contributed by atoms with Crippen LogP contribution in [0.4, 0.5) is 11.4 Å². The van der Waals surface area contributed by atoms with Crippen LogP contribution in [-0.4, -0.2) is 13.1 Å². The van der Waals surface area contributed by atoms with E-state index in [0.29, 0.717) is 0 Å². The van der Waals surface area contributed by atoms with E-state index in [9.17, 15) is 0 Å². The van der Waals surface area contributed by atoms with Crippen LogP contribution in [0.25, 0.3) is 0 Å². The molecule has 0 spiro atoms. The fourth-order valence-electron chi connectivity index (χ4n) is 2.02. The molecule has 15 heavy (non-hydrogen) atoms. The third kappa shape index (κ3) is 3.15. The third-order valence-corrected chi connectivity index (χ3v) is 2.91. The molecule has 1 heterocycles. The van der Waals surface area contributed by atoms with Gasteiger partial charge in [-0.1, -0.05) is 31.4 Å². The zero-order chi connectivity index (χ0) is 10.3. The van der Waals surface area contributed by atoms with E-state index in [1.807, 2.05) is 0 Å². The van der Waals surface area contributed by atoms with Gasteiger partial charge in [0.05, 0.1) is 11.4 Å². The number of rotatable bonds is 0. The minimum atomic E-state index is 1.10. The Kier molecular flexibility index (Phi) is 3.89. The number of hydrogen-bond donors (Lipinski definition) is 2. The molecule has 0 saturated heterocycles. The SMILES string of the molecule is c1ccc2c(c1)NCCCCCCCN2. The van der Waals surface area contributed by atoms with Gasteiger partial charge in [0.15, 0.2) is 0 Å². The van der Waals surface area contributed by atoms with Crippen LogP contribution in [0.5, 0.6) is 0 Å². The van der Waals surface area contributed by atoms with Crippen LogP contribution in [0.15, 0.2) is 24.3 Å². The van der Waals surface area contributed by atoms with Crippen LogP contribution in [0.1, 0.15) is 32.1 Å². The summed E-state index contributed by atoms with van der Waals surface area (Å²) in [6.07, 6.45) is 6.66. The van der Waals surface area contributed by atoms with Crippen molar-refractivity contribution >= 4 is 11.4 Å². The van der Waals surface area contributed by atoms with Crippen LogP contribution >= 0.6 is 0 Å². The second kappa shape index (κ2) is 5.64. The molecule has 2 N–H and O–H groups in total. The molecule has 1 aromatic rings. The quantitative estimate of drug-likeness (QED) is 0.676. The molecule has 0 bridgehead atoms. The summed E-state index contributed by atoms with van der Waals surface area (Å²) in [5.74, 6) is 0. The van der Waals surface area contributed by atoms with Crippen molar-refractivity contribution in [2.45, 2.75) is 32.1 Å². The number of nitrogens with one attached hydrogen (secondary N) is 2. The molecule has 0 atom stereocenters. The van der Waals surface area contributed by atoms with Crippen molar-refractivity contribution in [2.24, 2.45) is 0 Å². The highest BCUT2D eigenvalue weighted by Crippen LogP contribution is 2.21. The van der Waals surface area contributed by atoms with Crippen molar-refractivity contribution in [3.8, 4) is 0 Å². The van der Waals surface area contributed by atoms with Gasteiger partial charge in [-0.15, -0.1) is 0 Å². The van der Waals surface area contributed by atoms with E-state index in [2.05, 4.69) is 34.9 Å². The largest absolute Gasteiger partial charge is 0.383 e. The van der Waals surface area contributed by atoms with Gasteiger partial charge in [-0.25, -0.2) is 0 Å². The lowest BCUT2D eigenvalue weighted by Gasteiger charge is -2.12. The molecule has 0 fully saturated rings. The Morgan fingerprint density at radius 1 is 0.667 bits per heavy atom. The van der Waals surface area contributed by atoms with Gasteiger partial charge in [0, 0.05) is 13.1 Å². The third-order valence-electron chi connectivity index (χ3n) is 2.91. The fourth-order valence-corrected chi connectivity index (χ4v) is 2.02. The number of anilines is 2. The van der Waals surface area contributed by atoms with E-state index in [-0.39, 0.29) is 0 Å². The predicted molar refractivity (Wildman–Crippen MR) is 66.5 cm³/mol. The molecule has 1 aliphatic rings. The molecule has 0 aliphatic carbocycles. The van der Waals surface area contributed by atoms with Crippen molar-refractivity contribution < 1.29 is 0 Å². The number of fused-ring (bicyclic) bond motifs is 1. The average Bonchev–Trinajstić information content (AvgIpc) is 2.32. The molecular weight excluding hydrogens is 184 g/mol. The van der Waals surface area contributed by atoms with Gasteiger partial charge in [-0.3, -0.25) is 0 Å².